The highest BCUT2D eigenvalue weighted by atomic mass is 16.3. The average Bonchev–Trinajstić information content (AvgIpc) is 3.49. The third-order valence-corrected chi connectivity index (χ3v) is 5.84. The quantitative estimate of drug-likeness (QED) is 0.673. The molecule has 144 valence electrons. The van der Waals surface area contributed by atoms with Gasteiger partial charge < -0.3 is 20.6 Å². The highest BCUT2D eigenvalue weighted by Crippen LogP contribution is 2.41. The van der Waals surface area contributed by atoms with Crippen LogP contribution in [-0.2, 0) is 0 Å². The number of hydrogen-bond donors (Lipinski definition) is 3. The lowest BCUT2D eigenvalue weighted by atomic mass is 10.0. The van der Waals surface area contributed by atoms with Crippen LogP contribution in [0.5, 0.6) is 0 Å². The molecule has 3 N–H and O–H groups in total. The Hall–Kier alpha value is -1.88. The van der Waals surface area contributed by atoms with Crippen molar-refractivity contribution in [2.45, 2.75) is 43.4 Å². The Morgan fingerprint density at radius 2 is 1.63 bits per heavy atom. The first kappa shape index (κ1) is 18.5. The number of nitrogens with one attached hydrogen (secondary N) is 2. The molecule has 0 aromatic heterocycles. The van der Waals surface area contributed by atoms with Crippen molar-refractivity contribution in [2.75, 3.05) is 31.5 Å². The van der Waals surface area contributed by atoms with Crippen molar-refractivity contribution in [3.8, 4) is 0 Å². The van der Waals surface area contributed by atoms with E-state index in [-0.39, 0.29) is 6.10 Å². The summed E-state index contributed by atoms with van der Waals surface area (Å²) in [4.78, 5) is 2.40. The lowest BCUT2D eigenvalue weighted by molar-refractivity contribution is 0.101. The summed E-state index contributed by atoms with van der Waals surface area (Å²) in [5.74, 6) is 0.704. The first-order chi connectivity index (χ1) is 13.3. The van der Waals surface area contributed by atoms with E-state index >= 15 is 0 Å². The number of piperidine rings is 1. The molecule has 4 rings (SSSR count). The van der Waals surface area contributed by atoms with Gasteiger partial charge in [-0.2, -0.15) is 0 Å². The lowest BCUT2D eigenvalue weighted by Gasteiger charge is -2.33. The van der Waals surface area contributed by atoms with Gasteiger partial charge in [0.05, 0.1) is 6.10 Å². The number of aliphatic hydroxyl groups excluding tert-OH is 1. The van der Waals surface area contributed by atoms with Crippen LogP contribution in [0.3, 0.4) is 0 Å². The van der Waals surface area contributed by atoms with Crippen LogP contribution in [0, 0.1) is 0 Å². The van der Waals surface area contributed by atoms with Gasteiger partial charge in [-0.3, -0.25) is 0 Å². The Balaban J connectivity index is 1.13. The molecule has 0 amide bonds. The zero-order valence-corrected chi connectivity index (χ0v) is 15.9. The smallest absolute Gasteiger partial charge is 0.0839 e. The van der Waals surface area contributed by atoms with E-state index in [2.05, 4.69) is 45.9 Å². The van der Waals surface area contributed by atoms with Crippen molar-refractivity contribution in [1.29, 1.82) is 0 Å². The minimum absolute atomic E-state index is 0.333. The monoisotopic (exact) mass is 365 g/mol. The fraction of sp³-hybridized carbons (Fsp3) is 0.478. The second kappa shape index (κ2) is 8.87. The predicted molar refractivity (Wildman–Crippen MR) is 111 cm³/mol. The van der Waals surface area contributed by atoms with Gasteiger partial charge in [0.25, 0.3) is 0 Å². The van der Waals surface area contributed by atoms with E-state index in [0.29, 0.717) is 24.5 Å². The maximum Gasteiger partial charge on any atom is 0.0839 e. The van der Waals surface area contributed by atoms with Crippen LogP contribution >= 0.6 is 0 Å². The zero-order valence-electron chi connectivity index (χ0n) is 15.9. The van der Waals surface area contributed by atoms with Crippen molar-refractivity contribution in [2.24, 2.45) is 0 Å². The third kappa shape index (κ3) is 5.32. The molecule has 1 unspecified atom stereocenters. The molecule has 3 atom stereocenters. The van der Waals surface area contributed by atoms with Gasteiger partial charge in [-0.25, -0.2) is 0 Å². The fourth-order valence-corrected chi connectivity index (χ4v) is 4.19. The summed E-state index contributed by atoms with van der Waals surface area (Å²) in [6.07, 6.45) is 3.29. The van der Waals surface area contributed by atoms with Crippen LogP contribution in [0.25, 0.3) is 0 Å². The molecule has 1 saturated heterocycles. The molecule has 2 aromatic rings. The van der Waals surface area contributed by atoms with E-state index in [9.17, 15) is 5.11 Å². The Kier molecular flexibility index (Phi) is 6.07. The fourth-order valence-electron chi connectivity index (χ4n) is 4.19. The number of β-amino-alcohol motifs (C(OH)–C–C–N with tert-alkyl or cyclic N) is 1. The van der Waals surface area contributed by atoms with Crippen molar-refractivity contribution in [3.63, 3.8) is 0 Å². The third-order valence-electron chi connectivity index (χ3n) is 5.84. The summed E-state index contributed by atoms with van der Waals surface area (Å²) >= 11 is 0. The van der Waals surface area contributed by atoms with E-state index in [1.165, 1.54) is 24.8 Å². The van der Waals surface area contributed by atoms with Gasteiger partial charge in [-0.15, -0.1) is 0 Å². The molecule has 0 radical (unpaired) electrons. The SMILES string of the molecule is OC(CNc1ccccc1)CN1CCC(N[C@@H]2C[C@H]2c2ccccc2)CC1. The van der Waals surface area contributed by atoms with Crippen LogP contribution in [0.4, 0.5) is 5.69 Å². The van der Waals surface area contributed by atoms with Gasteiger partial charge in [-0.1, -0.05) is 48.5 Å². The summed E-state index contributed by atoms with van der Waals surface area (Å²) in [5, 5.41) is 17.5. The number of rotatable bonds is 8. The molecular formula is C23H31N3O. The van der Waals surface area contributed by atoms with E-state index in [0.717, 1.165) is 25.3 Å². The van der Waals surface area contributed by atoms with Gasteiger partial charge in [0, 0.05) is 36.8 Å². The molecule has 27 heavy (non-hydrogen) atoms. The predicted octanol–water partition coefficient (Wildman–Crippen LogP) is 3.07. The standard InChI is InChI=1S/C23H31N3O/c27-21(16-24-19-9-5-2-6-10-19)17-26-13-11-20(12-14-26)25-23-15-22(23)18-7-3-1-4-8-18/h1-10,20-25,27H,11-17H2/t21?,22-,23+/m0/s1. The maximum atomic E-state index is 10.3. The highest BCUT2D eigenvalue weighted by molar-refractivity contribution is 5.42. The molecule has 2 aliphatic rings. The van der Waals surface area contributed by atoms with Crippen molar-refractivity contribution < 1.29 is 5.11 Å². The minimum atomic E-state index is -0.333. The molecule has 2 fully saturated rings. The van der Waals surface area contributed by atoms with Crippen molar-refractivity contribution in [1.82, 2.24) is 10.2 Å². The molecule has 2 aromatic carbocycles. The second-order valence-electron chi connectivity index (χ2n) is 8.00. The second-order valence-corrected chi connectivity index (χ2v) is 8.00. The summed E-state index contributed by atoms with van der Waals surface area (Å²) in [5.41, 5.74) is 2.54. The van der Waals surface area contributed by atoms with Gasteiger partial charge in [0.1, 0.15) is 0 Å². The number of aliphatic hydroxyl groups is 1. The topological polar surface area (TPSA) is 47.5 Å². The van der Waals surface area contributed by atoms with Crippen LogP contribution < -0.4 is 10.6 Å². The number of benzene rings is 2. The molecule has 1 heterocycles. The zero-order chi connectivity index (χ0) is 18.5. The normalized spacial score (nSPS) is 24.5. The van der Waals surface area contributed by atoms with Gasteiger partial charge in [-0.05, 0) is 50.0 Å². The summed E-state index contributed by atoms with van der Waals surface area (Å²) in [6.45, 7) is 3.50. The van der Waals surface area contributed by atoms with E-state index in [1.54, 1.807) is 0 Å². The summed E-state index contributed by atoms with van der Waals surface area (Å²) in [6, 6.07) is 22.2. The Morgan fingerprint density at radius 3 is 2.33 bits per heavy atom. The number of hydrogen-bond acceptors (Lipinski definition) is 4. The van der Waals surface area contributed by atoms with E-state index in [1.807, 2.05) is 30.3 Å². The molecule has 1 aliphatic carbocycles. The summed E-state index contributed by atoms with van der Waals surface area (Å²) in [7, 11) is 0. The van der Waals surface area contributed by atoms with Crippen LogP contribution in [-0.4, -0.2) is 54.4 Å². The number of nitrogens with zero attached hydrogens (tertiary/aromatic N) is 1. The lowest BCUT2D eigenvalue weighted by Crippen LogP contribution is -2.46. The molecule has 1 aliphatic heterocycles. The Bertz CT molecular complexity index is 685. The molecular weight excluding hydrogens is 334 g/mol. The van der Waals surface area contributed by atoms with E-state index in [4.69, 9.17) is 0 Å². The molecule has 0 bridgehead atoms. The molecule has 4 nitrogen and oxygen atoms in total. The number of anilines is 1. The van der Waals surface area contributed by atoms with Crippen LogP contribution in [0.15, 0.2) is 60.7 Å². The molecule has 4 heteroatoms. The molecule has 0 spiro atoms. The van der Waals surface area contributed by atoms with Gasteiger partial charge in [0.2, 0.25) is 0 Å². The first-order valence-electron chi connectivity index (χ1n) is 10.3. The number of para-hydroxylation sites is 1. The Labute approximate surface area is 162 Å². The largest absolute Gasteiger partial charge is 0.390 e. The Morgan fingerprint density at radius 1 is 0.963 bits per heavy atom. The van der Waals surface area contributed by atoms with Crippen molar-refractivity contribution >= 4 is 5.69 Å². The highest BCUT2D eigenvalue weighted by Gasteiger charge is 2.39. The maximum absolute atomic E-state index is 10.3. The first-order valence-corrected chi connectivity index (χ1v) is 10.3. The minimum Gasteiger partial charge on any atom is -0.390 e. The average molecular weight is 366 g/mol. The van der Waals surface area contributed by atoms with Crippen LogP contribution in [0.2, 0.25) is 0 Å². The van der Waals surface area contributed by atoms with Gasteiger partial charge in [0.15, 0.2) is 0 Å². The summed E-state index contributed by atoms with van der Waals surface area (Å²) < 4.78 is 0. The van der Waals surface area contributed by atoms with E-state index < -0.39 is 0 Å². The van der Waals surface area contributed by atoms with Gasteiger partial charge >= 0.3 is 0 Å². The molecule has 1 saturated carbocycles. The van der Waals surface area contributed by atoms with Crippen molar-refractivity contribution in [3.05, 3.63) is 66.2 Å². The number of likely N-dealkylation sites (tertiary alicyclic amines) is 1. The van der Waals surface area contributed by atoms with Crippen LogP contribution in [0.1, 0.15) is 30.7 Å².